The van der Waals surface area contributed by atoms with E-state index in [2.05, 4.69) is 5.32 Å². The van der Waals surface area contributed by atoms with Crippen LogP contribution in [0, 0.1) is 5.92 Å². The van der Waals surface area contributed by atoms with E-state index in [9.17, 15) is 4.79 Å². The first-order chi connectivity index (χ1) is 9.33. The maximum absolute atomic E-state index is 12.3. The second-order valence-electron chi connectivity index (χ2n) is 5.32. The van der Waals surface area contributed by atoms with Crippen LogP contribution in [0.3, 0.4) is 0 Å². The molecule has 2 fully saturated rings. The number of nitrogens with one attached hydrogen (secondary N) is 1. The van der Waals surface area contributed by atoms with Crippen LogP contribution in [0.1, 0.15) is 12.8 Å². The number of hydrogen-bond donors (Lipinski definition) is 1. The molecule has 0 radical (unpaired) electrons. The third-order valence-corrected chi connectivity index (χ3v) is 3.91. The van der Waals surface area contributed by atoms with Crippen LogP contribution in [-0.4, -0.2) is 43.1 Å². The molecule has 0 aromatic heterocycles. The first-order valence-corrected chi connectivity index (χ1v) is 7.04. The van der Waals surface area contributed by atoms with Gasteiger partial charge >= 0.3 is 0 Å². The fourth-order valence-corrected chi connectivity index (χ4v) is 2.84. The van der Waals surface area contributed by atoms with E-state index in [-0.39, 0.29) is 12.0 Å². The van der Waals surface area contributed by atoms with E-state index >= 15 is 0 Å². The van der Waals surface area contributed by atoms with Crippen LogP contribution in [0.5, 0.6) is 5.75 Å². The number of likely N-dealkylation sites (tertiary alicyclic amines) is 1. The van der Waals surface area contributed by atoms with E-state index < -0.39 is 0 Å². The Hall–Kier alpha value is -1.55. The van der Waals surface area contributed by atoms with Gasteiger partial charge in [-0.3, -0.25) is 4.79 Å². The van der Waals surface area contributed by atoms with Gasteiger partial charge in [-0.25, -0.2) is 0 Å². The quantitative estimate of drug-likeness (QED) is 0.890. The van der Waals surface area contributed by atoms with Crippen molar-refractivity contribution in [2.45, 2.75) is 18.9 Å². The van der Waals surface area contributed by atoms with Crippen molar-refractivity contribution in [3.8, 4) is 5.75 Å². The van der Waals surface area contributed by atoms with E-state index in [1.807, 2.05) is 35.2 Å². The topological polar surface area (TPSA) is 41.6 Å². The van der Waals surface area contributed by atoms with Gasteiger partial charge in [0.25, 0.3) is 0 Å². The standard InChI is InChI=1S/C15H20N2O2/c18-15(12-6-8-16-10-12)17-9-7-14(11-17)19-13-4-2-1-3-5-13/h1-5,12,14,16H,6-11H2/t12?,14-/m0/s1. The van der Waals surface area contributed by atoms with Gasteiger partial charge in [-0.05, 0) is 25.1 Å². The highest BCUT2D eigenvalue weighted by atomic mass is 16.5. The predicted molar refractivity (Wildman–Crippen MR) is 73.0 cm³/mol. The van der Waals surface area contributed by atoms with Gasteiger partial charge in [-0.1, -0.05) is 18.2 Å². The van der Waals surface area contributed by atoms with E-state index in [1.165, 1.54) is 0 Å². The first kappa shape index (κ1) is 12.5. The predicted octanol–water partition coefficient (Wildman–Crippen LogP) is 1.28. The molecule has 1 unspecified atom stereocenters. The molecule has 19 heavy (non-hydrogen) atoms. The molecule has 2 aliphatic rings. The number of rotatable bonds is 3. The van der Waals surface area contributed by atoms with Gasteiger partial charge < -0.3 is 15.0 Å². The van der Waals surface area contributed by atoms with E-state index in [0.717, 1.165) is 44.8 Å². The monoisotopic (exact) mass is 260 g/mol. The number of amides is 1. The number of ether oxygens (including phenoxy) is 1. The molecule has 4 nitrogen and oxygen atoms in total. The molecule has 1 aromatic rings. The van der Waals surface area contributed by atoms with Crippen LogP contribution in [0.2, 0.25) is 0 Å². The van der Waals surface area contributed by atoms with Crippen LogP contribution < -0.4 is 10.1 Å². The zero-order valence-electron chi connectivity index (χ0n) is 11.0. The Morgan fingerprint density at radius 3 is 2.84 bits per heavy atom. The molecule has 2 atom stereocenters. The fourth-order valence-electron chi connectivity index (χ4n) is 2.84. The molecular formula is C15H20N2O2. The van der Waals surface area contributed by atoms with Crippen LogP contribution in [0.4, 0.5) is 0 Å². The average molecular weight is 260 g/mol. The van der Waals surface area contributed by atoms with Crippen molar-refractivity contribution in [1.82, 2.24) is 10.2 Å². The summed E-state index contributed by atoms with van der Waals surface area (Å²) < 4.78 is 5.91. The molecule has 2 aliphatic heterocycles. The Bertz CT molecular complexity index is 429. The smallest absolute Gasteiger partial charge is 0.227 e. The Kier molecular flexibility index (Phi) is 3.69. The van der Waals surface area contributed by atoms with E-state index in [1.54, 1.807) is 0 Å². The lowest BCUT2D eigenvalue weighted by Crippen LogP contribution is -2.36. The lowest BCUT2D eigenvalue weighted by Gasteiger charge is -2.20. The zero-order valence-corrected chi connectivity index (χ0v) is 11.0. The number of nitrogens with zero attached hydrogens (tertiary/aromatic N) is 1. The maximum atomic E-state index is 12.3. The highest BCUT2D eigenvalue weighted by Gasteiger charge is 2.32. The average Bonchev–Trinajstić information content (AvgIpc) is 3.10. The SMILES string of the molecule is O=C(C1CCNC1)N1CC[C@H](Oc2ccccc2)C1. The summed E-state index contributed by atoms with van der Waals surface area (Å²) in [6, 6.07) is 9.84. The van der Waals surface area contributed by atoms with Gasteiger partial charge in [-0.15, -0.1) is 0 Å². The second kappa shape index (κ2) is 5.61. The van der Waals surface area contributed by atoms with Crippen molar-refractivity contribution in [3.05, 3.63) is 30.3 Å². The van der Waals surface area contributed by atoms with Crippen LogP contribution in [0.15, 0.2) is 30.3 Å². The van der Waals surface area contributed by atoms with E-state index in [0.29, 0.717) is 5.91 Å². The van der Waals surface area contributed by atoms with Crippen molar-refractivity contribution >= 4 is 5.91 Å². The highest BCUT2D eigenvalue weighted by molar-refractivity contribution is 5.79. The molecule has 1 N–H and O–H groups in total. The van der Waals surface area contributed by atoms with Gasteiger partial charge in [0, 0.05) is 19.5 Å². The van der Waals surface area contributed by atoms with Gasteiger partial charge in [0.2, 0.25) is 5.91 Å². The second-order valence-corrected chi connectivity index (χ2v) is 5.32. The summed E-state index contributed by atoms with van der Waals surface area (Å²) in [5.74, 6) is 1.36. The molecule has 0 aliphatic carbocycles. The Morgan fingerprint density at radius 2 is 2.11 bits per heavy atom. The molecule has 0 bridgehead atoms. The molecule has 1 amide bonds. The Balaban J connectivity index is 1.53. The number of carbonyl (C=O) groups is 1. The summed E-state index contributed by atoms with van der Waals surface area (Å²) in [6.07, 6.45) is 2.04. The van der Waals surface area contributed by atoms with Gasteiger partial charge in [-0.2, -0.15) is 0 Å². The minimum atomic E-state index is 0.140. The van der Waals surface area contributed by atoms with Crippen molar-refractivity contribution in [2.24, 2.45) is 5.92 Å². The lowest BCUT2D eigenvalue weighted by atomic mass is 10.1. The normalized spacial score (nSPS) is 26.6. The summed E-state index contributed by atoms with van der Waals surface area (Å²) in [5.41, 5.74) is 0. The maximum Gasteiger partial charge on any atom is 0.227 e. The Morgan fingerprint density at radius 1 is 1.26 bits per heavy atom. The zero-order chi connectivity index (χ0) is 13.1. The third kappa shape index (κ3) is 2.89. The number of benzene rings is 1. The summed E-state index contributed by atoms with van der Waals surface area (Å²) >= 11 is 0. The van der Waals surface area contributed by atoms with Gasteiger partial charge in [0.1, 0.15) is 11.9 Å². The van der Waals surface area contributed by atoms with Crippen molar-refractivity contribution in [3.63, 3.8) is 0 Å². The largest absolute Gasteiger partial charge is 0.489 e. The number of carbonyl (C=O) groups excluding carboxylic acids is 1. The highest BCUT2D eigenvalue weighted by Crippen LogP contribution is 2.21. The number of para-hydroxylation sites is 1. The molecule has 1 aromatic carbocycles. The van der Waals surface area contributed by atoms with Gasteiger partial charge in [0.05, 0.1) is 12.5 Å². The number of hydrogen-bond acceptors (Lipinski definition) is 3. The van der Waals surface area contributed by atoms with Crippen molar-refractivity contribution < 1.29 is 9.53 Å². The Labute approximate surface area is 113 Å². The molecule has 102 valence electrons. The first-order valence-electron chi connectivity index (χ1n) is 7.04. The van der Waals surface area contributed by atoms with E-state index in [4.69, 9.17) is 4.74 Å². The summed E-state index contributed by atoms with van der Waals surface area (Å²) in [6.45, 7) is 3.35. The van der Waals surface area contributed by atoms with Crippen LogP contribution in [0.25, 0.3) is 0 Å². The summed E-state index contributed by atoms with van der Waals surface area (Å²) in [7, 11) is 0. The molecular weight excluding hydrogens is 240 g/mol. The third-order valence-electron chi connectivity index (χ3n) is 3.91. The molecule has 0 saturated carbocycles. The lowest BCUT2D eigenvalue weighted by molar-refractivity contribution is -0.134. The van der Waals surface area contributed by atoms with Gasteiger partial charge in [0.15, 0.2) is 0 Å². The minimum absolute atomic E-state index is 0.140. The van der Waals surface area contributed by atoms with Crippen LogP contribution >= 0.6 is 0 Å². The summed E-state index contributed by atoms with van der Waals surface area (Å²) in [4.78, 5) is 14.2. The molecule has 2 heterocycles. The van der Waals surface area contributed by atoms with Crippen molar-refractivity contribution in [2.75, 3.05) is 26.2 Å². The fraction of sp³-hybridized carbons (Fsp3) is 0.533. The molecule has 0 spiro atoms. The van der Waals surface area contributed by atoms with Crippen molar-refractivity contribution in [1.29, 1.82) is 0 Å². The minimum Gasteiger partial charge on any atom is -0.489 e. The molecule has 4 heteroatoms. The summed E-state index contributed by atoms with van der Waals surface area (Å²) in [5, 5.41) is 3.25. The molecule has 2 saturated heterocycles. The van der Waals surface area contributed by atoms with Crippen LogP contribution in [-0.2, 0) is 4.79 Å². The molecule has 3 rings (SSSR count).